The number of phenolic OH excluding ortho intramolecular Hbond substituents is 1. The summed E-state index contributed by atoms with van der Waals surface area (Å²) in [4.78, 5) is 12.0. The second-order valence-electron chi connectivity index (χ2n) is 4.33. The van der Waals surface area contributed by atoms with Gasteiger partial charge in [-0.15, -0.1) is 11.6 Å². The summed E-state index contributed by atoms with van der Waals surface area (Å²) < 4.78 is 4.96. The largest absolute Gasteiger partial charge is 0.504 e. The van der Waals surface area contributed by atoms with Gasteiger partial charge in [0.1, 0.15) is 0 Å². The molecule has 0 aliphatic rings. The number of benzene rings is 1. The van der Waals surface area contributed by atoms with Gasteiger partial charge in [-0.05, 0) is 18.1 Å². The van der Waals surface area contributed by atoms with E-state index in [4.69, 9.17) is 16.3 Å². The number of phenols is 1. The molecule has 0 saturated heterocycles. The first-order valence-corrected chi connectivity index (χ1v) is 6.27. The van der Waals surface area contributed by atoms with Crippen molar-refractivity contribution in [2.24, 2.45) is 5.92 Å². The van der Waals surface area contributed by atoms with Crippen LogP contribution in [-0.4, -0.2) is 30.0 Å². The van der Waals surface area contributed by atoms with Gasteiger partial charge < -0.3 is 15.2 Å². The van der Waals surface area contributed by atoms with E-state index in [1.807, 2.05) is 13.8 Å². The van der Waals surface area contributed by atoms with Crippen molar-refractivity contribution in [2.75, 3.05) is 13.0 Å². The fraction of sp³-hybridized carbons (Fsp3) is 0.462. The first-order chi connectivity index (χ1) is 8.51. The molecule has 0 saturated carbocycles. The third-order valence-electron chi connectivity index (χ3n) is 2.75. The SMILES string of the molecule is COc1cccc(C(=O)NC(CCl)C(C)C)c1O. The number of amides is 1. The minimum absolute atomic E-state index is 0.134. The predicted molar refractivity (Wildman–Crippen MR) is 71.5 cm³/mol. The van der Waals surface area contributed by atoms with Crippen LogP contribution in [-0.2, 0) is 0 Å². The Kier molecular flexibility index (Phi) is 5.28. The molecule has 1 atom stereocenters. The molecule has 1 unspecified atom stereocenters. The van der Waals surface area contributed by atoms with Crippen LogP contribution in [0.25, 0.3) is 0 Å². The summed E-state index contributed by atoms with van der Waals surface area (Å²) in [5.41, 5.74) is 0.185. The van der Waals surface area contributed by atoms with E-state index >= 15 is 0 Å². The zero-order valence-electron chi connectivity index (χ0n) is 10.7. The van der Waals surface area contributed by atoms with Gasteiger partial charge in [0.15, 0.2) is 11.5 Å². The van der Waals surface area contributed by atoms with E-state index in [9.17, 15) is 9.90 Å². The van der Waals surface area contributed by atoms with Gasteiger partial charge in [-0.3, -0.25) is 4.79 Å². The third kappa shape index (κ3) is 3.29. The lowest BCUT2D eigenvalue weighted by atomic mass is 10.1. The molecular formula is C13H18ClNO3. The number of rotatable bonds is 5. The first-order valence-electron chi connectivity index (χ1n) is 5.74. The standard InChI is InChI=1S/C13H18ClNO3/c1-8(2)10(7-14)15-13(17)9-5-4-6-11(18-3)12(9)16/h4-6,8,10,16H,7H2,1-3H3,(H,15,17). The number of halogens is 1. The maximum Gasteiger partial charge on any atom is 0.255 e. The second kappa shape index (κ2) is 6.50. The molecule has 1 rings (SSSR count). The van der Waals surface area contributed by atoms with Crippen LogP contribution in [0.2, 0.25) is 0 Å². The van der Waals surface area contributed by atoms with E-state index in [0.29, 0.717) is 5.88 Å². The summed E-state index contributed by atoms with van der Waals surface area (Å²) in [6, 6.07) is 4.65. The summed E-state index contributed by atoms with van der Waals surface area (Å²) in [6.07, 6.45) is 0. The van der Waals surface area contributed by atoms with E-state index in [-0.39, 0.29) is 34.9 Å². The van der Waals surface area contributed by atoms with E-state index in [2.05, 4.69) is 5.32 Å². The van der Waals surface area contributed by atoms with Crippen molar-refractivity contribution in [1.82, 2.24) is 5.32 Å². The van der Waals surface area contributed by atoms with Crippen molar-refractivity contribution >= 4 is 17.5 Å². The Hall–Kier alpha value is -1.42. The Balaban J connectivity index is 2.91. The Labute approximate surface area is 112 Å². The van der Waals surface area contributed by atoms with Crippen molar-refractivity contribution in [3.05, 3.63) is 23.8 Å². The topological polar surface area (TPSA) is 58.6 Å². The van der Waals surface area contributed by atoms with Crippen LogP contribution < -0.4 is 10.1 Å². The molecule has 1 aromatic carbocycles. The van der Waals surface area contributed by atoms with Crippen LogP contribution in [0.4, 0.5) is 0 Å². The van der Waals surface area contributed by atoms with Gasteiger partial charge in [-0.1, -0.05) is 19.9 Å². The van der Waals surface area contributed by atoms with E-state index in [1.165, 1.54) is 7.11 Å². The number of aromatic hydroxyl groups is 1. The number of para-hydroxylation sites is 1. The molecule has 0 fully saturated rings. The number of hydrogen-bond acceptors (Lipinski definition) is 3. The number of hydrogen-bond donors (Lipinski definition) is 2. The average Bonchev–Trinajstić information content (AvgIpc) is 2.35. The summed E-state index contributed by atoms with van der Waals surface area (Å²) in [7, 11) is 1.44. The second-order valence-corrected chi connectivity index (χ2v) is 4.64. The number of nitrogens with one attached hydrogen (secondary N) is 1. The maximum absolute atomic E-state index is 12.0. The molecule has 18 heavy (non-hydrogen) atoms. The molecule has 2 N–H and O–H groups in total. The lowest BCUT2D eigenvalue weighted by Crippen LogP contribution is -2.39. The lowest BCUT2D eigenvalue weighted by molar-refractivity contribution is 0.0928. The molecule has 0 aliphatic carbocycles. The molecule has 4 nitrogen and oxygen atoms in total. The van der Waals surface area contributed by atoms with Gasteiger partial charge in [0.2, 0.25) is 0 Å². The van der Waals surface area contributed by atoms with Gasteiger partial charge in [0, 0.05) is 11.9 Å². The molecule has 0 heterocycles. The fourth-order valence-corrected chi connectivity index (χ4v) is 1.93. The van der Waals surface area contributed by atoms with Crippen LogP contribution in [0.5, 0.6) is 11.5 Å². The molecule has 5 heteroatoms. The zero-order chi connectivity index (χ0) is 13.7. The minimum Gasteiger partial charge on any atom is -0.504 e. The predicted octanol–water partition coefficient (Wildman–Crippen LogP) is 2.39. The van der Waals surface area contributed by atoms with Crippen molar-refractivity contribution in [3.63, 3.8) is 0 Å². The summed E-state index contributed by atoms with van der Waals surface area (Å²) >= 11 is 5.79. The average molecular weight is 272 g/mol. The van der Waals surface area contributed by atoms with Crippen LogP contribution in [0.15, 0.2) is 18.2 Å². The Morgan fingerprint density at radius 2 is 2.17 bits per heavy atom. The highest BCUT2D eigenvalue weighted by Crippen LogP contribution is 2.29. The van der Waals surface area contributed by atoms with Crippen molar-refractivity contribution in [1.29, 1.82) is 0 Å². The van der Waals surface area contributed by atoms with Gasteiger partial charge >= 0.3 is 0 Å². The van der Waals surface area contributed by atoms with Gasteiger partial charge in [-0.25, -0.2) is 0 Å². The van der Waals surface area contributed by atoms with Crippen LogP contribution >= 0.6 is 11.6 Å². The monoisotopic (exact) mass is 271 g/mol. The molecule has 0 aromatic heterocycles. The number of methoxy groups -OCH3 is 1. The smallest absolute Gasteiger partial charge is 0.255 e. The molecule has 0 aliphatic heterocycles. The number of alkyl halides is 1. The quantitative estimate of drug-likeness (QED) is 0.809. The van der Waals surface area contributed by atoms with Gasteiger partial charge in [0.25, 0.3) is 5.91 Å². The van der Waals surface area contributed by atoms with Gasteiger partial charge in [0.05, 0.1) is 12.7 Å². The van der Waals surface area contributed by atoms with E-state index < -0.39 is 0 Å². The summed E-state index contributed by atoms with van der Waals surface area (Å²) in [5.74, 6) is 0.308. The minimum atomic E-state index is -0.356. The van der Waals surface area contributed by atoms with Crippen LogP contribution in [0, 0.1) is 5.92 Å². The highest BCUT2D eigenvalue weighted by molar-refractivity contribution is 6.18. The number of carbonyl (C=O) groups is 1. The Morgan fingerprint density at radius 3 is 2.67 bits per heavy atom. The number of ether oxygens (including phenoxy) is 1. The third-order valence-corrected chi connectivity index (χ3v) is 3.08. The molecule has 1 aromatic rings. The molecule has 0 spiro atoms. The fourth-order valence-electron chi connectivity index (χ4n) is 1.50. The first kappa shape index (κ1) is 14.6. The Bertz CT molecular complexity index is 421. The lowest BCUT2D eigenvalue weighted by Gasteiger charge is -2.20. The van der Waals surface area contributed by atoms with Crippen molar-refractivity contribution in [2.45, 2.75) is 19.9 Å². The van der Waals surface area contributed by atoms with Crippen molar-refractivity contribution < 1.29 is 14.6 Å². The highest BCUT2D eigenvalue weighted by Gasteiger charge is 2.19. The summed E-state index contributed by atoms with van der Waals surface area (Å²) in [5, 5.41) is 12.7. The van der Waals surface area contributed by atoms with Crippen LogP contribution in [0.3, 0.4) is 0 Å². The normalized spacial score (nSPS) is 12.3. The van der Waals surface area contributed by atoms with Crippen molar-refractivity contribution in [3.8, 4) is 11.5 Å². The number of carbonyl (C=O) groups excluding carboxylic acids is 1. The molecule has 100 valence electrons. The van der Waals surface area contributed by atoms with E-state index in [0.717, 1.165) is 0 Å². The zero-order valence-corrected chi connectivity index (χ0v) is 11.5. The van der Waals surface area contributed by atoms with Crippen LogP contribution in [0.1, 0.15) is 24.2 Å². The molecule has 0 bridgehead atoms. The van der Waals surface area contributed by atoms with E-state index in [1.54, 1.807) is 18.2 Å². The highest BCUT2D eigenvalue weighted by atomic mass is 35.5. The molecule has 0 radical (unpaired) electrons. The maximum atomic E-state index is 12.0. The molecule has 1 amide bonds. The Morgan fingerprint density at radius 1 is 1.50 bits per heavy atom. The summed E-state index contributed by atoms with van der Waals surface area (Å²) in [6.45, 7) is 3.94. The molecular weight excluding hydrogens is 254 g/mol. The van der Waals surface area contributed by atoms with Gasteiger partial charge in [-0.2, -0.15) is 0 Å².